The predicted octanol–water partition coefficient (Wildman–Crippen LogP) is 5.36. The lowest BCUT2D eigenvalue weighted by molar-refractivity contribution is -0.129. The highest BCUT2D eigenvalue weighted by Gasteiger charge is 2.35. The normalized spacial score (nSPS) is 24.7. The number of nitrogens with one attached hydrogen (secondary N) is 1. The summed E-state index contributed by atoms with van der Waals surface area (Å²) in [5.74, 6) is 2.02. The standard InChI is InChI=1S/C19H27Cl2NO/c1-12(2)14-8-7-13(3)11-16(14)19(23)22-10-9-15-17(20)5-4-6-18(15)21/h4-6,12-14,16H,7-11H2,1-3H3,(H,22,23)/t13-,14+,16-/m1/s1. The maximum absolute atomic E-state index is 12.6. The van der Waals surface area contributed by atoms with Crippen LogP contribution in [0, 0.1) is 23.7 Å². The van der Waals surface area contributed by atoms with Gasteiger partial charge in [0.15, 0.2) is 0 Å². The van der Waals surface area contributed by atoms with Gasteiger partial charge >= 0.3 is 0 Å². The number of rotatable bonds is 5. The number of halogens is 2. The molecule has 1 amide bonds. The van der Waals surface area contributed by atoms with Gasteiger partial charge in [0.25, 0.3) is 0 Å². The van der Waals surface area contributed by atoms with Gasteiger partial charge in [-0.2, -0.15) is 0 Å². The maximum Gasteiger partial charge on any atom is 0.223 e. The second-order valence-electron chi connectivity index (χ2n) is 7.17. The van der Waals surface area contributed by atoms with Crippen molar-refractivity contribution in [2.45, 2.75) is 46.5 Å². The largest absolute Gasteiger partial charge is 0.356 e. The molecule has 0 saturated heterocycles. The van der Waals surface area contributed by atoms with E-state index in [4.69, 9.17) is 23.2 Å². The fourth-order valence-electron chi connectivity index (χ4n) is 3.72. The molecule has 4 heteroatoms. The van der Waals surface area contributed by atoms with Crippen molar-refractivity contribution < 1.29 is 4.79 Å². The molecular weight excluding hydrogens is 329 g/mol. The van der Waals surface area contributed by atoms with E-state index in [0.29, 0.717) is 40.8 Å². The Bertz CT molecular complexity index is 524. The van der Waals surface area contributed by atoms with Crippen molar-refractivity contribution in [3.05, 3.63) is 33.8 Å². The van der Waals surface area contributed by atoms with Gasteiger partial charge in [-0.05, 0) is 54.7 Å². The van der Waals surface area contributed by atoms with Crippen LogP contribution in [0.5, 0.6) is 0 Å². The van der Waals surface area contributed by atoms with E-state index >= 15 is 0 Å². The van der Waals surface area contributed by atoms with Gasteiger partial charge in [0.2, 0.25) is 5.91 Å². The highest BCUT2D eigenvalue weighted by Crippen LogP contribution is 2.38. The summed E-state index contributed by atoms with van der Waals surface area (Å²) in [6, 6.07) is 5.51. The summed E-state index contributed by atoms with van der Waals surface area (Å²) in [4.78, 5) is 12.6. The van der Waals surface area contributed by atoms with Crippen molar-refractivity contribution in [1.82, 2.24) is 5.32 Å². The first kappa shape index (κ1) is 18.6. The van der Waals surface area contributed by atoms with Gasteiger partial charge in [0, 0.05) is 22.5 Å². The average molecular weight is 356 g/mol. The second kappa shape index (κ2) is 8.39. The Hall–Kier alpha value is -0.730. The predicted molar refractivity (Wildman–Crippen MR) is 98.0 cm³/mol. The van der Waals surface area contributed by atoms with E-state index in [9.17, 15) is 4.79 Å². The van der Waals surface area contributed by atoms with E-state index < -0.39 is 0 Å². The zero-order valence-electron chi connectivity index (χ0n) is 14.2. The summed E-state index contributed by atoms with van der Waals surface area (Å²) < 4.78 is 0. The molecule has 0 unspecified atom stereocenters. The van der Waals surface area contributed by atoms with Crippen molar-refractivity contribution in [2.75, 3.05) is 6.54 Å². The van der Waals surface area contributed by atoms with Gasteiger partial charge in [0.05, 0.1) is 0 Å². The molecule has 1 aromatic rings. The Morgan fingerprint density at radius 1 is 1.26 bits per heavy atom. The Labute approximate surface area is 149 Å². The number of benzene rings is 1. The van der Waals surface area contributed by atoms with Crippen molar-refractivity contribution in [1.29, 1.82) is 0 Å². The van der Waals surface area contributed by atoms with E-state index in [1.54, 1.807) is 0 Å². The van der Waals surface area contributed by atoms with Crippen LogP contribution in [0.15, 0.2) is 18.2 Å². The lowest BCUT2D eigenvalue weighted by Crippen LogP contribution is -2.40. The van der Waals surface area contributed by atoms with Crippen molar-refractivity contribution in [2.24, 2.45) is 23.7 Å². The molecule has 2 rings (SSSR count). The van der Waals surface area contributed by atoms with E-state index in [-0.39, 0.29) is 11.8 Å². The van der Waals surface area contributed by atoms with Crippen molar-refractivity contribution >= 4 is 29.1 Å². The monoisotopic (exact) mass is 355 g/mol. The van der Waals surface area contributed by atoms with Gasteiger partial charge in [-0.1, -0.05) is 56.5 Å². The Morgan fingerprint density at radius 2 is 1.91 bits per heavy atom. The van der Waals surface area contributed by atoms with Gasteiger partial charge < -0.3 is 5.32 Å². The van der Waals surface area contributed by atoms with Crippen LogP contribution in [-0.2, 0) is 11.2 Å². The fourth-order valence-corrected chi connectivity index (χ4v) is 4.30. The lowest BCUT2D eigenvalue weighted by Gasteiger charge is -2.36. The highest BCUT2D eigenvalue weighted by atomic mass is 35.5. The van der Waals surface area contributed by atoms with Crippen molar-refractivity contribution in [3.8, 4) is 0 Å². The summed E-state index contributed by atoms with van der Waals surface area (Å²) >= 11 is 12.4. The Morgan fingerprint density at radius 3 is 2.52 bits per heavy atom. The quantitative estimate of drug-likeness (QED) is 0.756. The molecule has 128 valence electrons. The van der Waals surface area contributed by atoms with Crippen LogP contribution in [0.25, 0.3) is 0 Å². The molecule has 1 N–H and O–H groups in total. The topological polar surface area (TPSA) is 29.1 Å². The number of hydrogen-bond donors (Lipinski definition) is 1. The zero-order chi connectivity index (χ0) is 17.0. The summed E-state index contributed by atoms with van der Waals surface area (Å²) in [5, 5.41) is 4.43. The number of hydrogen-bond acceptors (Lipinski definition) is 1. The molecule has 0 bridgehead atoms. The zero-order valence-corrected chi connectivity index (χ0v) is 15.8. The molecule has 2 nitrogen and oxygen atoms in total. The molecule has 3 atom stereocenters. The van der Waals surface area contributed by atoms with Crippen LogP contribution in [0.1, 0.15) is 45.6 Å². The first-order valence-electron chi connectivity index (χ1n) is 8.60. The third kappa shape index (κ3) is 4.87. The Balaban J connectivity index is 1.93. The van der Waals surface area contributed by atoms with E-state index in [1.807, 2.05) is 18.2 Å². The summed E-state index contributed by atoms with van der Waals surface area (Å²) in [6.45, 7) is 7.28. The molecule has 0 aromatic heterocycles. The third-order valence-corrected chi connectivity index (χ3v) is 5.80. The van der Waals surface area contributed by atoms with Crippen LogP contribution >= 0.6 is 23.2 Å². The second-order valence-corrected chi connectivity index (χ2v) is 7.99. The molecule has 0 heterocycles. The number of carbonyl (C=O) groups excluding carboxylic acids is 1. The van der Waals surface area contributed by atoms with Crippen molar-refractivity contribution in [3.63, 3.8) is 0 Å². The number of amides is 1. The molecule has 0 radical (unpaired) electrons. The maximum atomic E-state index is 12.6. The van der Waals surface area contributed by atoms with Crippen LogP contribution in [0.4, 0.5) is 0 Å². The Kier molecular flexibility index (Phi) is 6.79. The molecule has 1 aliphatic rings. The smallest absolute Gasteiger partial charge is 0.223 e. The van der Waals surface area contributed by atoms with Crippen LogP contribution in [-0.4, -0.2) is 12.5 Å². The minimum absolute atomic E-state index is 0.139. The van der Waals surface area contributed by atoms with E-state index in [2.05, 4.69) is 26.1 Å². The molecule has 1 saturated carbocycles. The lowest BCUT2D eigenvalue weighted by atomic mass is 9.70. The minimum Gasteiger partial charge on any atom is -0.356 e. The van der Waals surface area contributed by atoms with E-state index in [0.717, 1.165) is 18.4 Å². The first-order chi connectivity index (χ1) is 10.9. The molecule has 23 heavy (non-hydrogen) atoms. The van der Waals surface area contributed by atoms with Crippen LogP contribution < -0.4 is 5.32 Å². The van der Waals surface area contributed by atoms with Gasteiger partial charge in [-0.25, -0.2) is 0 Å². The molecule has 1 aromatic carbocycles. The summed E-state index contributed by atoms with van der Waals surface area (Å²) in [7, 11) is 0. The summed E-state index contributed by atoms with van der Waals surface area (Å²) in [6.07, 6.45) is 4.06. The molecular formula is C19H27Cl2NO. The molecule has 0 aliphatic heterocycles. The van der Waals surface area contributed by atoms with Gasteiger partial charge in [0.1, 0.15) is 0 Å². The minimum atomic E-state index is 0.139. The average Bonchev–Trinajstić information content (AvgIpc) is 2.49. The fraction of sp³-hybridized carbons (Fsp3) is 0.632. The SMILES string of the molecule is CC(C)[C@@H]1CC[C@@H](C)C[C@H]1C(=O)NCCc1c(Cl)cccc1Cl. The molecule has 1 fully saturated rings. The van der Waals surface area contributed by atoms with Gasteiger partial charge in [-0.15, -0.1) is 0 Å². The molecule has 0 spiro atoms. The number of carbonyl (C=O) groups is 1. The molecule has 1 aliphatic carbocycles. The van der Waals surface area contributed by atoms with E-state index in [1.165, 1.54) is 6.42 Å². The first-order valence-corrected chi connectivity index (χ1v) is 9.36. The van der Waals surface area contributed by atoms with Gasteiger partial charge in [-0.3, -0.25) is 4.79 Å². The highest BCUT2D eigenvalue weighted by molar-refractivity contribution is 6.35. The summed E-state index contributed by atoms with van der Waals surface area (Å²) in [5.41, 5.74) is 0.911. The van der Waals surface area contributed by atoms with Crippen LogP contribution in [0.3, 0.4) is 0 Å². The van der Waals surface area contributed by atoms with Crippen LogP contribution in [0.2, 0.25) is 10.0 Å². The third-order valence-electron chi connectivity index (χ3n) is 5.09.